The van der Waals surface area contributed by atoms with Crippen molar-refractivity contribution in [3.8, 4) is 0 Å². The Balaban J connectivity index is 3.12. The monoisotopic (exact) mass is 289 g/mol. The largest absolute Gasteiger partial charge is 0.385 e. The summed E-state index contributed by atoms with van der Waals surface area (Å²) >= 11 is 5.69. The lowest BCUT2D eigenvalue weighted by Crippen LogP contribution is -2.13. The van der Waals surface area contributed by atoms with E-state index in [0.717, 1.165) is 6.26 Å². The molecule has 1 rings (SSSR count). The number of hydrogen-bond donors (Lipinski definition) is 3. The first kappa shape index (κ1) is 14.4. The van der Waals surface area contributed by atoms with Crippen LogP contribution >= 0.6 is 11.6 Å². The Bertz CT molecular complexity index is 611. The molecule has 0 fully saturated rings. The molecule has 1 aromatic heterocycles. The molecule has 0 saturated carbocycles. The lowest BCUT2D eigenvalue weighted by atomic mass is 10.4. The minimum absolute atomic E-state index is 0.0210. The van der Waals surface area contributed by atoms with E-state index in [-0.39, 0.29) is 22.5 Å². The van der Waals surface area contributed by atoms with Crippen molar-refractivity contribution in [2.75, 3.05) is 11.6 Å². The Morgan fingerprint density at radius 2 is 2.17 bits per heavy atom. The van der Waals surface area contributed by atoms with Gasteiger partial charge in [0.2, 0.25) is 15.0 Å². The fraction of sp³-hybridized carbons (Fsp3) is 0.222. The van der Waals surface area contributed by atoms with Crippen molar-refractivity contribution in [3.05, 3.63) is 23.1 Å². The van der Waals surface area contributed by atoms with Crippen molar-refractivity contribution in [2.45, 2.75) is 12.1 Å². The van der Waals surface area contributed by atoms with Gasteiger partial charge in [-0.25, -0.2) is 18.4 Å². The van der Waals surface area contributed by atoms with Crippen molar-refractivity contribution < 1.29 is 8.42 Å². The highest BCUT2D eigenvalue weighted by atomic mass is 35.5. The average Bonchev–Trinajstić information content (AvgIpc) is 2.13. The fourth-order valence-electron chi connectivity index (χ4n) is 1.04. The molecule has 0 bridgehead atoms. The summed E-state index contributed by atoms with van der Waals surface area (Å²) in [7, 11) is -3.56. The van der Waals surface area contributed by atoms with Crippen molar-refractivity contribution in [2.24, 2.45) is 5.73 Å². The Hall–Kier alpha value is -1.67. The quantitative estimate of drug-likeness (QED) is 0.428. The van der Waals surface area contributed by atoms with Gasteiger partial charge in [-0.05, 0) is 13.0 Å². The van der Waals surface area contributed by atoms with Crippen LogP contribution in [-0.2, 0) is 9.84 Å². The summed E-state index contributed by atoms with van der Waals surface area (Å²) in [4.78, 5) is 7.36. The molecule has 0 aliphatic carbocycles. The number of sulfone groups is 1. The van der Waals surface area contributed by atoms with E-state index in [1.165, 1.54) is 12.1 Å². The van der Waals surface area contributed by atoms with Crippen molar-refractivity contribution in [3.63, 3.8) is 0 Å². The molecule has 1 aromatic rings. The highest BCUT2D eigenvalue weighted by Gasteiger charge is 2.13. The van der Waals surface area contributed by atoms with Gasteiger partial charge in [-0.1, -0.05) is 11.6 Å². The van der Waals surface area contributed by atoms with Crippen LogP contribution < -0.4 is 11.1 Å². The van der Waals surface area contributed by atoms with Crippen LogP contribution in [0.25, 0.3) is 0 Å². The van der Waals surface area contributed by atoms with Gasteiger partial charge in [0, 0.05) is 18.0 Å². The maximum Gasteiger partial charge on any atom is 0.250 e. The highest BCUT2D eigenvalue weighted by Crippen LogP contribution is 2.15. The van der Waals surface area contributed by atoms with Gasteiger partial charge in [0.1, 0.15) is 16.8 Å². The summed E-state index contributed by atoms with van der Waals surface area (Å²) < 4.78 is 22.6. The van der Waals surface area contributed by atoms with Crippen LogP contribution in [0.2, 0.25) is 5.15 Å². The second-order valence-corrected chi connectivity index (χ2v) is 5.84. The van der Waals surface area contributed by atoms with Gasteiger partial charge in [0.25, 0.3) is 0 Å². The van der Waals surface area contributed by atoms with Gasteiger partial charge in [-0.2, -0.15) is 0 Å². The molecule has 0 spiro atoms. The first-order chi connectivity index (χ1) is 8.18. The minimum atomic E-state index is -3.56. The molecule has 1 heterocycles. The minimum Gasteiger partial charge on any atom is -0.385 e. The first-order valence-electron chi connectivity index (χ1n) is 4.72. The maximum absolute atomic E-state index is 11.3. The van der Waals surface area contributed by atoms with Gasteiger partial charge >= 0.3 is 0 Å². The van der Waals surface area contributed by atoms with E-state index in [0.29, 0.717) is 0 Å². The number of nitrogens with zero attached hydrogens (tertiary/aromatic N) is 2. The third kappa shape index (κ3) is 4.30. The van der Waals surface area contributed by atoms with Gasteiger partial charge in [-0.3, -0.25) is 0 Å². The Kier molecular flexibility index (Phi) is 4.25. The molecular weight excluding hydrogens is 278 g/mol. The number of nitrogens with two attached hydrogens (primary N) is 1. The zero-order valence-electron chi connectivity index (χ0n) is 9.73. The highest BCUT2D eigenvalue weighted by molar-refractivity contribution is 7.90. The molecule has 0 aliphatic heterocycles. The third-order valence-electron chi connectivity index (χ3n) is 1.65. The number of nitrogens with one attached hydrogen (secondary N) is 2. The van der Waals surface area contributed by atoms with E-state index >= 15 is 0 Å². The van der Waals surface area contributed by atoms with E-state index < -0.39 is 15.0 Å². The van der Waals surface area contributed by atoms with Crippen LogP contribution in [0.1, 0.15) is 6.92 Å². The van der Waals surface area contributed by atoms with Crippen LogP contribution in [0.4, 0.5) is 5.82 Å². The number of allylic oxidation sites excluding steroid dienone is 1. The molecule has 0 aliphatic rings. The standard InChI is InChI=1S/C9H12ClN5O2S/c1-5(11)3-7(12)14-8-4-6(10)13-9(15-8)18(2,16)17/h3-4,11H,12H2,1-2H3,(H,13,14,15)/b7-3+,11-5?. The zero-order chi connectivity index (χ0) is 13.9. The second kappa shape index (κ2) is 5.32. The van der Waals surface area contributed by atoms with Crippen molar-refractivity contribution >= 4 is 33.0 Å². The van der Waals surface area contributed by atoms with Crippen LogP contribution in [0.3, 0.4) is 0 Å². The molecule has 9 heteroatoms. The van der Waals surface area contributed by atoms with E-state index in [1.54, 1.807) is 6.92 Å². The van der Waals surface area contributed by atoms with Crippen molar-refractivity contribution in [1.29, 1.82) is 5.41 Å². The number of hydrogen-bond acceptors (Lipinski definition) is 7. The number of anilines is 1. The molecule has 4 N–H and O–H groups in total. The molecule has 7 nitrogen and oxygen atoms in total. The molecule has 0 aromatic carbocycles. The number of rotatable bonds is 4. The summed E-state index contributed by atoms with van der Waals surface area (Å²) in [5.41, 5.74) is 5.81. The Labute approximate surface area is 110 Å². The maximum atomic E-state index is 11.3. The van der Waals surface area contributed by atoms with Crippen LogP contribution in [0.5, 0.6) is 0 Å². The smallest absolute Gasteiger partial charge is 0.250 e. The lowest BCUT2D eigenvalue weighted by Gasteiger charge is -2.07. The molecule has 18 heavy (non-hydrogen) atoms. The average molecular weight is 290 g/mol. The van der Waals surface area contributed by atoms with Gasteiger partial charge in [0.05, 0.1) is 0 Å². The Morgan fingerprint density at radius 1 is 1.56 bits per heavy atom. The molecule has 0 saturated heterocycles. The topological polar surface area (TPSA) is 122 Å². The molecule has 0 atom stereocenters. The summed E-state index contributed by atoms with van der Waals surface area (Å²) in [6.07, 6.45) is 2.33. The normalized spacial score (nSPS) is 12.3. The molecule has 0 amide bonds. The van der Waals surface area contributed by atoms with E-state index in [4.69, 9.17) is 22.7 Å². The molecule has 0 unspecified atom stereocenters. The Morgan fingerprint density at radius 3 is 2.67 bits per heavy atom. The summed E-state index contributed by atoms with van der Waals surface area (Å²) in [5, 5.41) is 9.43. The molecular formula is C9H12ClN5O2S. The predicted molar refractivity (Wildman–Crippen MR) is 69.4 cm³/mol. The number of aromatic nitrogens is 2. The van der Waals surface area contributed by atoms with E-state index in [9.17, 15) is 8.42 Å². The summed E-state index contributed by atoms with van der Waals surface area (Å²) in [5.74, 6) is 0.294. The van der Waals surface area contributed by atoms with Crippen LogP contribution in [0.15, 0.2) is 23.1 Å². The molecule has 98 valence electrons. The van der Waals surface area contributed by atoms with Gasteiger partial charge in [-0.15, -0.1) is 0 Å². The van der Waals surface area contributed by atoms with Gasteiger partial charge in [0.15, 0.2) is 0 Å². The fourth-order valence-corrected chi connectivity index (χ4v) is 1.81. The van der Waals surface area contributed by atoms with E-state index in [2.05, 4.69) is 15.3 Å². The molecule has 0 radical (unpaired) electrons. The SMILES string of the molecule is CC(=N)/C=C(\N)Nc1cc(Cl)nc(S(C)(=O)=O)n1. The zero-order valence-corrected chi connectivity index (χ0v) is 11.3. The second-order valence-electron chi connectivity index (χ2n) is 3.54. The third-order valence-corrected chi connectivity index (χ3v) is 2.69. The predicted octanol–water partition coefficient (Wildman–Crippen LogP) is 0.785. The van der Waals surface area contributed by atoms with Gasteiger partial charge < -0.3 is 16.5 Å². The first-order valence-corrected chi connectivity index (χ1v) is 6.99. The number of halogens is 1. The summed E-state index contributed by atoms with van der Waals surface area (Å²) in [6, 6.07) is 1.33. The van der Waals surface area contributed by atoms with Crippen LogP contribution in [-0.4, -0.2) is 30.4 Å². The van der Waals surface area contributed by atoms with E-state index in [1.807, 2.05) is 0 Å². The van der Waals surface area contributed by atoms with Crippen molar-refractivity contribution in [1.82, 2.24) is 9.97 Å². The van der Waals surface area contributed by atoms with Crippen LogP contribution in [0, 0.1) is 5.41 Å². The summed E-state index contributed by atoms with van der Waals surface area (Å²) in [6.45, 7) is 1.55. The lowest BCUT2D eigenvalue weighted by molar-refractivity contribution is 0.593.